The molecule has 0 N–H and O–H groups in total. The zero-order chi connectivity index (χ0) is 10.8. The SMILES string of the molecule is CCN=c1c2cc(F)ncc2ncn1C. The van der Waals surface area contributed by atoms with Crippen molar-refractivity contribution in [2.24, 2.45) is 12.0 Å². The molecular formula is C10H11FN4. The molecule has 5 heteroatoms. The van der Waals surface area contributed by atoms with Crippen LogP contribution < -0.4 is 5.49 Å². The third-order valence-corrected chi connectivity index (χ3v) is 2.10. The van der Waals surface area contributed by atoms with E-state index in [1.165, 1.54) is 12.3 Å². The van der Waals surface area contributed by atoms with Crippen LogP contribution in [0.2, 0.25) is 0 Å². The van der Waals surface area contributed by atoms with Crippen LogP contribution >= 0.6 is 0 Å². The van der Waals surface area contributed by atoms with Crippen LogP contribution in [0.15, 0.2) is 23.6 Å². The van der Waals surface area contributed by atoms with E-state index >= 15 is 0 Å². The average Bonchev–Trinajstić information content (AvgIpc) is 2.23. The van der Waals surface area contributed by atoms with Gasteiger partial charge in [-0.3, -0.25) is 4.99 Å². The van der Waals surface area contributed by atoms with E-state index in [9.17, 15) is 4.39 Å². The van der Waals surface area contributed by atoms with Gasteiger partial charge >= 0.3 is 0 Å². The van der Waals surface area contributed by atoms with Crippen LogP contribution in [0.4, 0.5) is 4.39 Å². The van der Waals surface area contributed by atoms with Crippen molar-refractivity contribution in [3.8, 4) is 0 Å². The Balaban J connectivity index is 2.91. The summed E-state index contributed by atoms with van der Waals surface area (Å²) in [7, 11) is 1.83. The highest BCUT2D eigenvalue weighted by atomic mass is 19.1. The number of halogens is 1. The van der Waals surface area contributed by atoms with Crippen LogP contribution in [-0.4, -0.2) is 21.1 Å². The highest BCUT2D eigenvalue weighted by Gasteiger charge is 2.01. The summed E-state index contributed by atoms with van der Waals surface area (Å²) < 4.78 is 14.8. The number of pyridine rings is 1. The number of aryl methyl sites for hydroxylation is 1. The molecule has 0 bridgehead atoms. The van der Waals surface area contributed by atoms with E-state index < -0.39 is 5.95 Å². The molecule has 0 aromatic carbocycles. The molecule has 2 aromatic rings. The van der Waals surface area contributed by atoms with E-state index in [0.717, 1.165) is 5.49 Å². The minimum atomic E-state index is -0.511. The number of hydrogen-bond donors (Lipinski definition) is 0. The van der Waals surface area contributed by atoms with Gasteiger partial charge in [-0.15, -0.1) is 0 Å². The van der Waals surface area contributed by atoms with Gasteiger partial charge in [0.05, 0.1) is 18.0 Å². The fourth-order valence-electron chi connectivity index (χ4n) is 1.44. The summed E-state index contributed by atoms with van der Waals surface area (Å²) in [6, 6.07) is 1.36. The van der Waals surface area contributed by atoms with E-state index in [0.29, 0.717) is 17.4 Å². The molecule has 0 fully saturated rings. The van der Waals surface area contributed by atoms with Crippen molar-refractivity contribution < 1.29 is 4.39 Å². The molecule has 0 saturated carbocycles. The Bertz CT molecular complexity index is 554. The summed E-state index contributed by atoms with van der Waals surface area (Å²) >= 11 is 0. The second kappa shape index (κ2) is 3.76. The molecule has 2 heterocycles. The van der Waals surface area contributed by atoms with Crippen molar-refractivity contribution in [3.63, 3.8) is 0 Å². The first-order valence-corrected chi connectivity index (χ1v) is 4.69. The monoisotopic (exact) mass is 206 g/mol. The van der Waals surface area contributed by atoms with Crippen LogP contribution in [0.3, 0.4) is 0 Å². The van der Waals surface area contributed by atoms with E-state index in [2.05, 4.69) is 15.0 Å². The number of aromatic nitrogens is 3. The van der Waals surface area contributed by atoms with Crippen LogP contribution in [-0.2, 0) is 7.05 Å². The summed E-state index contributed by atoms with van der Waals surface area (Å²) in [6.45, 7) is 2.58. The van der Waals surface area contributed by atoms with Gasteiger partial charge in [0.2, 0.25) is 5.95 Å². The first-order chi connectivity index (χ1) is 7.22. The predicted molar refractivity (Wildman–Crippen MR) is 54.6 cm³/mol. The number of hydrogen-bond acceptors (Lipinski definition) is 3. The third-order valence-electron chi connectivity index (χ3n) is 2.10. The van der Waals surface area contributed by atoms with Gasteiger partial charge in [-0.25, -0.2) is 9.97 Å². The molecule has 0 aliphatic carbocycles. The zero-order valence-electron chi connectivity index (χ0n) is 8.61. The van der Waals surface area contributed by atoms with E-state index in [1.807, 2.05) is 14.0 Å². The average molecular weight is 206 g/mol. The Morgan fingerprint density at radius 1 is 1.47 bits per heavy atom. The van der Waals surface area contributed by atoms with Crippen LogP contribution in [0.5, 0.6) is 0 Å². The number of nitrogens with zero attached hydrogens (tertiary/aromatic N) is 4. The van der Waals surface area contributed by atoms with Crippen molar-refractivity contribution in [3.05, 3.63) is 30.0 Å². The highest BCUT2D eigenvalue weighted by Crippen LogP contribution is 2.05. The summed E-state index contributed by atoms with van der Waals surface area (Å²) in [5.74, 6) is -0.511. The van der Waals surface area contributed by atoms with Gasteiger partial charge in [-0.05, 0) is 6.92 Å². The Morgan fingerprint density at radius 3 is 3.00 bits per heavy atom. The van der Waals surface area contributed by atoms with Gasteiger partial charge in [0, 0.05) is 25.0 Å². The smallest absolute Gasteiger partial charge is 0.213 e. The Labute approximate surface area is 86.1 Å². The first-order valence-electron chi connectivity index (χ1n) is 4.69. The molecule has 4 nitrogen and oxygen atoms in total. The Morgan fingerprint density at radius 2 is 2.27 bits per heavy atom. The first kappa shape index (κ1) is 9.76. The fraction of sp³-hybridized carbons (Fsp3) is 0.300. The van der Waals surface area contributed by atoms with E-state index in [4.69, 9.17) is 0 Å². The highest BCUT2D eigenvalue weighted by molar-refractivity contribution is 5.75. The maximum absolute atomic E-state index is 13.0. The lowest BCUT2D eigenvalue weighted by Gasteiger charge is -2.02. The maximum Gasteiger partial charge on any atom is 0.213 e. The molecule has 2 aromatic heterocycles. The second-order valence-electron chi connectivity index (χ2n) is 3.18. The maximum atomic E-state index is 13.0. The van der Waals surface area contributed by atoms with Crippen LogP contribution in [0.25, 0.3) is 10.9 Å². The largest absolute Gasteiger partial charge is 0.320 e. The molecule has 2 rings (SSSR count). The molecule has 78 valence electrons. The van der Waals surface area contributed by atoms with Gasteiger partial charge in [0.1, 0.15) is 5.49 Å². The number of fused-ring (bicyclic) bond motifs is 1. The third kappa shape index (κ3) is 1.72. The normalized spacial score (nSPS) is 12.3. The van der Waals surface area contributed by atoms with Gasteiger partial charge < -0.3 is 4.57 Å². The zero-order valence-corrected chi connectivity index (χ0v) is 8.61. The van der Waals surface area contributed by atoms with Gasteiger partial charge in [-0.1, -0.05) is 0 Å². The lowest BCUT2D eigenvalue weighted by Crippen LogP contribution is -2.19. The fourth-order valence-corrected chi connectivity index (χ4v) is 1.44. The summed E-state index contributed by atoms with van der Waals surface area (Å²) in [6.07, 6.45) is 3.07. The predicted octanol–water partition coefficient (Wildman–Crippen LogP) is 1.03. The molecule has 15 heavy (non-hydrogen) atoms. The molecule has 0 aliphatic rings. The molecule has 0 atom stereocenters. The molecule has 0 aliphatic heterocycles. The van der Waals surface area contributed by atoms with Crippen LogP contribution in [0, 0.1) is 5.95 Å². The Hall–Kier alpha value is -1.78. The molecular weight excluding hydrogens is 195 g/mol. The summed E-state index contributed by atoms with van der Waals surface area (Å²) in [4.78, 5) is 12.0. The standard InChI is InChI=1S/C10H11FN4/c1-3-12-10-7-4-9(11)13-5-8(7)14-6-15(10)2/h4-6H,3H2,1-2H3. The van der Waals surface area contributed by atoms with Gasteiger partial charge in [0.25, 0.3) is 0 Å². The summed E-state index contributed by atoms with van der Waals surface area (Å²) in [5.41, 5.74) is 1.38. The quantitative estimate of drug-likeness (QED) is 0.654. The number of rotatable bonds is 1. The van der Waals surface area contributed by atoms with Crippen molar-refractivity contribution in [2.75, 3.05) is 6.54 Å². The Kier molecular flexibility index (Phi) is 2.45. The topological polar surface area (TPSA) is 43.1 Å². The second-order valence-corrected chi connectivity index (χ2v) is 3.18. The van der Waals surface area contributed by atoms with Crippen molar-refractivity contribution in [2.45, 2.75) is 6.92 Å². The minimum absolute atomic E-state index is 0.511. The molecule has 0 saturated heterocycles. The lowest BCUT2D eigenvalue weighted by atomic mass is 10.3. The van der Waals surface area contributed by atoms with E-state index in [-0.39, 0.29) is 0 Å². The van der Waals surface area contributed by atoms with Gasteiger partial charge in [-0.2, -0.15) is 4.39 Å². The molecule has 0 amide bonds. The van der Waals surface area contributed by atoms with E-state index in [1.54, 1.807) is 10.9 Å². The van der Waals surface area contributed by atoms with Crippen molar-refractivity contribution in [1.29, 1.82) is 0 Å². The van der Waals surface area contributed by atoms with Crippen molar-refractivity contribution >= 4 is 10.9 Å². The van der Waals surface area contributed by atoms with Crippen LogP contribution in [0.1, 0.15) is 6.92 Å². The minimum Gasteiger partial charge on any atom is -0.320 e. The summed E-state index contributed by atoms with van der Waals surface area (Å²) in [5, 5.41) is 0.689. The molecule has 0 unspecified atom stereocenters. The molecule has 0 radical (unpaired) electrons. The van der Waals surface area contributed by atoms with Gasteiger partial charge in [0.15, 0.2) is 0 Å². The van der Waals surface area contributed by atoms with Crippen molar-refractivity contribution in [1.82, 2.24) is 14.5 Å². The lowest BCUT2D eigenvalue weighted by molar-refractivity contribution is 0.585. The molecule has 0 spiro atoms.